The minimum absolute atomic E-state index is 0.1000. The van der Waals surface area contributed by atoms with Crippen molar-refractivity contribution < 1.29 is 9.50 Å². The Morgan fingerprint density at radius 2 is 2.00 bits per heavy atom. The van der Waals surface area contributed by atoms with E-state index in [4.69, 9.17) is 0 Å². The molecule has 1 N–H and O–H groups in total. The van der Waals surface area contributed by atoms with Crippen molar-refractivity contribution in [3.8, 4) is 0 Å². The molecule has 1 aromatic rings. The van der Waals surface area contributed by atoms with E-state index in [0.717, 1.165) is 30.6 Å². The summed E-state index contributed by atoms with van der Waals surface area (Å²) in [6.07, 6.45) is 2.36. The van der Waals surface area contributed by atoms with Crippen molar-refractivity contribution in [1.29, 1.82) is 0 Å². The van der Waals surface area contributed by atoms with Gasteiger partial charge in [-0.3, -0.25) is 0 Å². The molecule has 0 bridgehead atoms. The SMILES string of the molecule is CC(C)C1CCN(c2ccc(F)cc2CO)CC1. The molecular formula is C15H22FNO. The molecule has 0 unspecified atom stereocenters. The van der Waals surface area contributed by atoms with E-state index >= 15 is 0 Å². The fourth-order valence-electron chi connectivity index (χ4n) is 2.80. The van der Waals surface area contributed by atoms with Gasteiger partial charge >= 0.3 is 0 Å². The standard InChI is InChI=1S/C15H22FNO/c1-11(2)12-5-7-17(8-6-12)15-4-3-14(16)9-13(15)10-18/h3-4,9,11-12,18H,5-8,10H2,1-2H3. The van der Waals surface area contributed by atoms with Crippen LogP contribution in [0.3, 0.4) is 0 Å². The van der Waals surface area contributed by atoms with Crippen molar-refractivity contribution in [3.05, 3.63) is 29.6 Å². The van der Waals surface area contributed by atoms with Crippen LogP contribution >= 0.6 is 0 Å². The number of piperidine rings is 1. The number of aliphatic hydroxyl groups is 1. The maximum absolute atomic E-state index is 13.1. The zero-order valence-electron chi connectivity index (χ0n) is 11.2. The summed E-state index contributed by atoms with van der Waals surface area (Å²) in [5, 5.41) is 9.32. The normalized spacial score (nSPS) is 17.5. The highest BCUT2D eigenvalue weighted by molar-refractivity contribution is 5.53. The lowest BCUT2D eigenvalue weighted by Gasteiger charge is -2.36. The van der Waals surface area contributed by atoms with Gasteiger partial charge in [0.2, 0.25) is 0 Å². The fourth-order valence-corrected chi connectivity index (χ4v) is 2.80. The topological polar surface area (TPSA) is 23.5 Å². The van der Waals surface area contributed by atoms with Gasteiger partial charge in [-0.1, -0.05) is 13.8 Å². The Labute approximate surface area is 108 Å². The van der Waals surface area contributed by atoms with Gasteiger partial charge in [0.05, 0.1) is 6.61 Å². The number of aliphatic hydroxyl groups excluding tert-OH is 1. The van der Waals surface area contributed by atoms with Gasteiger partial charge in [0.1, 0.15) is 5.82 Å². The highest BCUT2D eigenvalue weighted by Gasteiger charge is 2.22. The zero-order chi connectivity index (χ0) is 13.1. The van der Waals surface area contributed by atoms with Crippen molar-refractivity contribution in [2.45, 2.75) is 33.3 Å². The second kappa shape index (κ2) is 5.70. The molecule has 1 heterocycles. The molecular weight excluding hydrogens is 229 g/mol. The summed E-state index contributed by atoms with van der Waals surface area (Å²) < 4.78 is 13.1. The Kier molecular flexibility index (Phi) is 4.23. The average molecular weight is 251 g/mol. The molecule has 0 aromatic heterocycles. The predicted molar refractivity (Wildman–Crippen MR) is 72.1 cm³/mol. The number of nitrogens with zero attached hydrogens (tertiary/aromatic N) is 1. The van der Waals surface area contributed by atoms with Crippen LogP contribution < -0.4 is 4.90 Å². The fraction of sp³-hybridized carbons (Fsp3) is 0.600. The lowest BCUT2D eigenvalue weighted by molar-refractivity contribution is 0.279. The highest BCUT2D eigenvalue weighted by Crippen LogP contribution is 2.30. The van der Waals surface area contributed by atoms with Gasteiger partial charge in [0.25, 0.3) is 0 Å². The van der Waals surface area contributed by atoms with Crippen LogP contribution in [0.15, 0.2) is 18.2 Å². The summed E-state index contributed by atoms with van der Waals surface area (Å²) in [5.74, 6) is 1.25. The molecule has 100 valence electrons. The summed E-state index contributed by atoms with van der Waals surface area (Å²) in [6, 6.07) is 4.70. The zero-order valence-corrected chi connectivity index (χ0v) is 11.2. The van der Waals surface area contributed by atoms with Gasteiger partial charge < -0.3 is 10.0 Å². The number of benzene rings is 1. The Morgan fingerprint density at radius 1 is 1.33 bits per heavy atom. The molecule has 0 amide bonds. The van der Waals surface area contributed by atoms with Crippen LogP contribution in [0, 0.1) is 17.7 Å². The average Bonchev–Trinajstić information content (AvgIpc) is 2.38. The molecule has 1 saturated heterocycles. The van der Waals surface area contributed by atoms with Gasteiger partial charge in [-0.15, -0.1) is 0 Å². The van der Waals surface area contributed by atoms with E-state index in [2.05, 4.69) is 18.7 Å². The van der Waals surface area contributed by atoms with E-state index in [1.54, 1.807) is 6.07 Å². The first kappa shape index (κ1) is 13.3. The van der Waals surface area contributed by atoms with Gasteiger partial charge in [0, 0.05) is 24.3 Å². The van der Waals surface area contributed by atoms with Gasteiger partial charge in [-0.2, -0.15) is 0 Å². The summed E-state index contributed by atoms with van der Waals surface area (Å²) in [4.78, 5) is 2.27. The van der Waals surface area contributed by atoms with Gasteiger partial charge in [-0.05, 0) is 42.9 Å². The van der Waals surface area contributed by atoms with Crippen LogP contribution in [-0.4, -0.2) is 18.2 Å². The number of hydrogen-bond acceptors (Lipinski definition) is 2. The summed E-state index contributed by atoms with van der Waals surface area (Å²) >= 11 is 0. The van der Waals surface area contributed by atoms with E-state index in [9.17, 15) is 9.50 Å². The largest absolute Gasteiger partial charge is 0.392 e. The number of rotatable bonds is 3. The number of hydrogen-bond donors (Lipinski definition) is 1. The van der Waals surface area contributed by atoms with Crippen molar-refractivity contribution in [3.63, 3.8) is 0 Å². The first-order valence-corrected chi connectivity index (χ1v) is 6.76. The summed E-state index contributed by atoms with van der Waals surface area (Å²) in [6.45, 7) is 6.45. The van der Waals surface area contributed by atoms with Crippen LogP contribution in [0.5, 0.6) is 0 Å². The van der Waals surface area contributed by atoms with E-state index in [1.807, 2.05) is 0 Å². The summed E-state index contributed by atoms with van der Waals surface area (Å²) in [7, 11) is 0. The van der Waals surface area contributed by atoms with Gasteiger partial charge in [0.15, 0.2) is 0 Å². The third-order valence-corrected chi connectivity index (χ3v) is 4.03. The minimum atomic E-state index is -0.278. The van der Waals surface area contributed by atoms with Crippen LogP contribution in [0.25, 0.3) is 0 Å². The van der Waals surface area contributed by atoms with Crippen molar-refractivity contribution in [1.82, 2.24) is 0 Å². The summed E-state index contributed by atoms with van der Waals surface area (Å²) in [5.41, 5.74) is 1.68. The Balaban J connectivity index is 2.09. The molecule has 1 aromatic carbocycles. The lowest BCUT2D eigenvalue weighted by Crippen LogP contribution is -2.35. The van der Waals surface area contributed by atoms with E-state index in [0.29, 0.717) is 5.56 Å². The number of anilines is 1. The van der Waals surface area contributed by atoms with E-state index in [1.165, 1.54) is 25.0 Å². The highest BCUT2D eigenvalue weighted by atomic mass is 19.1. The molecule has 2 nitrogen and oxygen atoms in total. The molecule has 0 aliphatic carbocycles. The molecule has 0 atom stereocenters. The maximum atomic E-state index is 13.1. The molecule has 0 spiro atoms. The van der Waals surface area contributed by atoms with Crippen LogP contribution in [0.1, 0.15) is 32.3 Å². The predicted octanol–water partition coefficient (Wildman–Crippen LogP) is 3.19. The molecule has 0 radical (unpaired) electrons. The van der Waals surface area contributed by atoms with E-state index < -0.39 is 0 Å². The molecule has 1 aliphatic rings. The van der Waals surface area contributed by atoms with Crippen molar-refractivity contribution in [2.24, 2.45) is 11.8 Å². The second-order valence-corrected chi connectivity index (χ2v) is 5.50. The Morgan fingerprint density at radius 3 is 2.56 bits per heavy atom. The first-order chi connectivity index (χ1) is 8.61. The molecule has 18 heavy (non-hydrogen) atoms. The van der Waals surface area contributed by atoms with Gasteiger partial charge in [-0.25, -0.2) is 4.39 Å². The molecule has 1 aliphatic heterocycles. The molecule has 0 saturated carbocycles. The smallest absolute Gasteiger partial charge is 0.123 e. The Bertz CT molecular complexity index is 397. The molecule has 3 heteroatoms. The Hall–Kier alpha value is -1.09. The lowest BCUT2D eigenvalue weighted by atomic mass is 9.86. The van der Waals surface area contributed by atoms with Crippen molar-refractivity contribution in [2.75, 3.05) is 18.0 Å². The van der Waals surface area contributed by atoms with E-state index in [-0.39, 0.29) is 12.4 Å². The van der Waals surface area contributed by atoms with Crippen LogP contribution in [0.4, 0.5) is 10.1 Å². The molecule has 1 fully saturated rings. The third-order valence-electron chi connectivity index (χ3n) is 4.03. The maximum Gasteiger partial charge on any atom is 0.123 e. The second-order valence-electron chi connectivity index (χ2n) is 5.50. The first-order valence-electron chi connectivity index (χ1n) is 6.76. The van der Waals surface area contributed by atoms with Crippen molar-refractivity contribution >= 4 is 5.69 Å². The quantitative estimate of drug-likeness (QED) is 0.891. The minimum Gasteiger partial charge on any atom is -0.392 e. The number of halogens is 1. The van der Waals surface area contributed by atoms with Crippen LogP contribution in [-0.2, 0) is 6.61 Å². The monoisotopic (exact) mass is 251 g/mol. The third kappa shape index (κ3) is 2.83. The molecule has 2 rings (SSSR count). The van der Waals surface area contributed by atoms with Crippen LogP contribution in [0.2, 0.25) is 0 Å².